The normalized spacial score (nSPS) is 13.2. The van der Waals surface area contributed by atoms with Crippen molar-refractivity contribution >= 4 is 11.6 Å². The van der Waals surface area contributed by atoms with E-state index in [1.165, 1.54) is 5.56 Å². The number of nitrogens with one attached hydrogen (secondary N) is 2. The van der Waals surface area contributed by atoms with E-state index in [0.717, 1.165) is 17.1 Å². The highest BCUT2D eigenvalue weighted by molar-refractivity contribution is 5.79. The lowest BCUT2D eigenvalue weighted by Gasteiger charge is -2.13. The average Bonchev–Trinajstić information content (AvgIpc) is 3.20. The summed E-state index contributed by atoms with van der Waals surface area (Å²) in [5, 5.41) is 16.4. The number of hydrogen-bond donors (Lipinski definition) is 3. The summed E-state index contributed by atoms with van der Waals surface area (Å²) in [4.78, 5) is 8.74. The van der Waals surface area contributed by atoms with E-state index in [9.17, 15) is 5.11 Å². The molecule has 25 heavy (non-hydrogen) atoms. The molecule has 0 amide bonds. The van der Waals surface area contributed by atoms with E-state index < -0.39 is 6.10 Å². The number of imidazole rings is 1. The van der Waals surface area contributed by atoms with E-state index in [2.05, 4.69) is 20.6 Å². The molecule has 1 unspecified atom stereocenters. The number of aliphatic hydroxyl groups excluding tert-OH is 1. The van der Waals surface area contributed by atoms with Crippen LogP contribution in [-0.4, -0.2) is 34.0 Å². The maximum atomic E-state index is 10.1. The van der Waals surface area contributed by atoms with Crippen LogP contribution in [0, 0.1) is 13.8 Å². The number of aliphatic imine (C=N–C) groups is 1. The van der Waals surface area contributed by atoms with E-state index in [1.807, 2.05) is 48.8 Å². The highest BCUT2D eigenvalue weighted by Crippen LogP contribution is 2.15. The quantitative estimate of drug-likeness (QED) is 0.488. The predicted octanol–water partition coefficient (Wildman–Crippen LogP) is 1.94. The molecular formula is C18H23N5O2. The number of rotatable bonds is 5. The Morgan fingerprint density at radius 1 is 1.32 bits per heavy atom. The molecule has 0 aliphatic carbocycles. The van der Waals surface area contributed by atoms with Crippen molar-refractivity contribution in [1.29, 1.82) is 0 Å². The Morgan fingerprint density at radius 2 is 2.16 bits per heavy atom. The first-order valence-corrected chi connectivity index (χ1v) is 8.18. The number of furan rings is 1. The van der Waals surface area contributed by atoms with Crippen molar-refractivity contribution < 1.29 is 9.52 Å². The summed E-state index contributed by atoms with van der Waals surface area (Å²) in [6.07, 6.45) is 3.25. The molecule has 0 fully saturated rings. The third-order valence-electron chi connectivity index (χ3n) is 3.88. The minimum Gasteiger partial charge on any atom is -0.464 e. The van der Waals surface area contributed by atoms with Crippen molar-refractivity contribution in [3.05, 3.63) is 59.4 Å². The first-order chi connectivity index (χ1) is 12.0. The Bertz CT molecular complexity index is 881. The van der Waals surface area contributed by atoms with Gasteiger partial charge in [-0.3, -0.25) is 4.99 Å². The van der Waals surface area contributed by atoms with Crippen molar-refractivity contribution in [3.63, 3.8) is 0 Å². The van der Waals surface area contributed by atoms with Gasteiger partial charge in [-0.1, -0.05) is 0 Å². The molecule has 0 aromatic carbocycles. The molecule has 3 aromatic rings. The summed E-state index contributed by atoms with van der Waals surface area (Å²) < 4.78 is 7.41. The lowest BCUT2D eigenvalue weighted by molar-refractivity contribution is 0.151. The fourth-order valence-electron chi connectivity index (χ4n) is 2.54. The molecule has 0 bridgehead atoms. The summed E-state index contributed by atoms with van der Waals surface area (Å²) in [6, 6.07) is 7.69. The van der Waals surface area contributed by atoms with Crippen molar-refractivity contribution in [1.82, 2.24) is 20.0 Å². The summed E-state index contributed by atoms with van der Waals surface area (Å²) >= 11 is 0. The van der Waals surface area contributed by atoms with Gasteiger partial charge >= 0.3 is 0 Å². The number of fused-ring (bicyclic) bond motifs is 1. The molecule has 7 heteroatoms. The highest BCUT2D eigenvalue weighted by Gasteiger charge is 2.12. The summed E-state index contributed by atoms with van der Waals surface area (Å²) in [5.41, 5.74) is 3.01. The standard InChI is InChI=1S/C18H23N5O2/c1-12-6-7-23-11-14(22-17(23)8-12)9-20-18(19-3)21-10-15(24)16-5-4-13(2)25-16/h4-8,11,15,24H,9-10H2,1-3H3,(H2,19,20,21). The minimum absolute atomic E-state index is 0.303. The van der Waals surface area contributed by atoms with Crippen LogP contribution in [0.1, 0.15) is 28.9 Å². The number of aryl methyl sites for hydroxylation is 2. The van der Waals surface area contributed by atoms with Gasteiger partial charge in [-0.2, -0.15) is 0 Å². The van der Waals surface area contributed by atoms with Gasteiger partial charge in [0.15, 0.2) is 5.96 Å². The first kappa shape index (κ1) is 17.0. The molecule has 3 N–H and O–H groups in total. The van der Waals surface area contributed by atoms with E-state index in [1.54, 1.807) is 13.1 Å². The van der Waals surface area contributed by atoms with E-state index in [4.69, 9.17) is 4.42 Å². The van der Waals surface area contributed by atoms with Gasteiger partial charge in [0.1, 0.15) is 23.3 Å². The van der Waals surface area contributed by atoms with Crippen molar-refractivity contribution in [2.45, 2.75) is 26.5 Å². The Balaban J connectivity index is 1.55. The van der Waals surface area contributed by atoms with Gasteiger partial charge < -0.3 is 24.6 Å². The summed E-state index contributed by atoms with van der Waals surface area (Å²) in [6.45, 7) is 4.73. The molecule has 1 atom stereocenters. The molecule has 0 aliphatic rings. The zero-order valence-electron chi connectivity index (χ0n) is 14.7. The first-order valence-electron chi connectivity index (χ1n) is 8.18. The second-order valence-electron chi connectivity index (χ2n) is 5.97. The Kier molecular flexibility index (Phi) is 5.04. The SMILES string of the molecule is CN=C(NCc1cn2ccc(C)cc2n1)NCC(O)c1ccc(C)o1. The van der Waals surface area contributed by atoms with Crippen LogP contribution < -0.4 is 10.6 Å². The van der Waals surface area contributed by atoms with Crippen molar-refractivity contribution in [3.8, 4) is 0 Å². The number of hydrogen-bond acceptors (Lipinski definition) is 4. The van der Waals surface area contributed by atoms with Crippen LogP contribution in [-0.2, 0) is 6.54 Å². The van der Waals surface area contributed by atoms with E-state index >= 15 is 0 Å². The van der Waals surface area contributed by atoms with E-state index in [0.29, 0.717) is 24.8 Å². The van der Waals surface area contributed by atoms with Crippen LogP contribution in [0.15, 0.2) is 46.1 Å². The maximum Gasteiger partial charge on any atom is 0.191 e. The van der Waals surface area contributed by atoms with Gasteiger partial charge in [-0.05, 0) is 43.7 Å². The van der Waals surface area contributed by atoms with Gasteiger partial charge in [0.2, 0.25) is 0 Å². The van der Waals surface area contributed by atoms with Gasteiger partial charge in [0, 0.05) is 19.4 Å². The monoisotopic (exact) mass is 341 g/mol. The lowest BCUT2D eigenvalue weighted by Crippen LogP contribution is -2.39. The van der Waals surface area contributed by atoms with Crippen LogP contribution >= 0.6 is 0 Å². The fraction of sp³-hybridized carbons (Fsp3) is 0.333. The third kappa shape index (κ3) is 4.19. The van der Waals surface area contributed by atoms with Crippen molar-refractivity contribution in [2.24, 2.45) is 4.99 Å². The maximum absolute atomic E-state index is 10.1. The van der Waals surface area contributed by atoms with Gasteiger partial charge in [-0.15, -0.1) is 0 Å². The molecule has 0 spiro atoms. The number of aliphatic hydroxyl groups is 1. The molecule has 0 saturated heterocycles. The van der Waals surface area contributed by atoms with Crippen molar-refractivity contribution in [2.75, 3.05) is 13.6 Å². The average molecular weight is 341 g/mol. The van der Waals surface area contributed by atoms with Gasteiger partial charge in [-0.25, -0.2) is 4.98 Å². The summed E-state index contributed by atoms with van der Waals surface area (Å²) in [5.74, 6) is 1.91. The zero-order chi connectivity index (χ0) is 17.8. The summed E-state index contributed by atoms with van der Waals surface area (Å²) in [7, 11) is 1.69. The molecule has 3 aromatic heterocycles. The highest BCUT2D eigenvalue weighted by atomic mass is 16.4. The molecule has 3 rings (SSSR count). The fourth-order valence-corrected chi connectivity index (χ4v) is 2.54. The van der Waals surface area contributed by atoms with E-state index in [-0.39, 0.29) is 0 Å². The van der Waals surface area contributed by atoms with Gasteiger partial charge in [0.25, 0.3) is 0 Å². The Morgan fingerprint density at radius 3 is 2.88 bits per heavy atom. The number of guanidine groups is 1. The van der Waals surface area contributed by atoms with Crippen LogP contribution in [0.2, 0.25) is 0 Å². The Labute approximate surface area is 146 Å². The van der Waals surface area contributed by atoms with Crippen LogP contribution in [0.3, 0.4) is 0 Å². The third-order valence-corrected chi connectivity index (χ3v) is 3.88. The van der Waals surface area contributed by atoms with Crippen LogP contribution in [0.25, 0.3) is 5.65 Å². The predicted molar refractivity (Wildman–Crippen MR) is 96.5 cm³/mol. The second kappa shape index (κ2) is 7.40. The van der Waals surface area contributed by atoms with Gasteiger partial charge in [0.05, 0.1) is 18.8 Å². The number of aromatic nitrogens is 2. The Hall–Kier alpha value is -2.80. The lowest BCUT2D eigenvalue weighted by atomic mass is 10.3. The number of pyridine rings is 1. The smallest absolute Gasteiger partial charge is 0.191 e. The topological polar surface area (TPSA) is 87.1 Å². The molecule has 0 saturated carbocycles. The largest absolute Gasteiger partial charge is 0.464 e. The van der Waals surface area contributed by atoms with Crippen LogP contribution in [0.4, 0.5) is 0 Å². The molecule has 7 nitrogen and oxygen atoms in total. The molecule has 0 aliphatic heterocycles. The molecule has 0 radical (unpaired) electrons. The van der Waals surface area contributed by atoms with Crippen LogP contribution in [0.5, 0.6) is 0 Å². The number of nitrogens with zero attached hydrogens (tertiary/aromatic N) is 3. The molecular weight excluding hydrogens is 318 g/mol. The zero-order valence-corrected chi connectivity index (χ0v) is 14.7. The molecule has 3 heterocycles. The minimum atomic E-state index is -0.731. The second-order valence-corrected chi connectivity index (χ2v) is 5.97. The molecule has 132 valence electrons.